The first-order chi connectivity index (χ1) is 7.37. The van der Waals surface area contributed by atoms with Gasteiger partial charge in [-0.1, -0.05) is 13.8 Å². The van der Waals surface area contributed by atoms with Crippen molar-refractivity contribution in [2.75, 3.05) is 7.05 Å². The number of amides is 1. The van der Waals surface area contributed by atoms with Crippen LogP contribution >= 0.6 is 0 Å². The molecule has 0 spiro atoms. The van der Waals surface area contributed by atoms with Crippen LogP contribution in [0.3, 0.4) is 0 Å². The number of likely N-dealkylation sites (N-methyl/N-ethyl adjacent to an activating group) is 1. The summed E-state index contributed by atoms with van der Waals surface area (Å²) in [7, 11) is 1.54. The van der Waals surface area contributed by atoms with Gasteiger partial charge in [0.25, 0.3) is 0 Å². The number of carbonyl (C=O) groups is 2. The van der Waals surface area contributed by atoms with Gasteiger partial charge in [0, 0.05) is 26.1 Å². The van der Waals surface area contributed by atoms with E-state index in [9.17, 15) is 9.59 Å². The van der Waals surface area contributed by atoms with Crippen molar-refractivity contribution in [1.82, 2.24) is 4.90 Å². The number of nitrogens with two attached hydrogens (primary N) is 2. The van der Waals surface area contributed by atoms with E-state index in [-0.39, 0.29) is 5.91 Å². The Labute approximate surface area is 95.6 Å². The van der Waals surface area contributed by atoms with E-state index in [1.807, 2.05) is 13.8 Å². The topological polar surface area (TPSA) is 110 Å². The number of nitrogens with zero attached hydrogens (tertiary/aromatic N) is 1. The minimum Gasteiger partial charge on any atom is -0.481 e. The summed E-state index contributed by atoms with van der Waals surface area (Å²) < 4.78 is 0. The van der Waals surface area contributed by atoms with E-state index < -0.39 is 30.0 Å². The Morgan fingerprint density at radius 3 is 1.94 bits per heavy atom. The summed E-state index contributed by atoms with van der Waals surface area (Å²) in [4.78, 5) is 23.2. The van der Waals surface area contributed by atoms with Gasteiger partial charge < -0.3 is 21.5 Å². The third kappa shape index (κ3) is 2.51. The normalized spacial score (nSPS) is 31.9. The molecule has 0 saturated heterocycles. The Morgan fingerprint density at radius 1 is 1.19 bits per heavy atom. The summed E-state index contributed by atoms with van der Waals surface area (Å²) in [5, 5.41) is 8.85. The number of rotatable bonds is 2. The first kappa shape index (κ1) is 14.9. The Balaban J connectivity index is 0.00000106. The zero-order chi connectivity index (χ0) is 13.0. The maximum Gasteiger partial charge on any atom is 0.310 e. The second-order valence-corrected chi connectivity index (χ2v) is 3.64. The molecule has 1 aliphatic carbocycles. The van der Waals surface area contributed by atoms with Crippen molar-refractivity contribution in [3.05, 3.63) is 0 Å². The zero-order valence-electron chi connectivity index (χ0n) is 10.2. The van der Waals surface area contributed by atoms with Crippen LogP contribution in [-0.4, -0.2) is 47.1 Å². The summed E-state index contributed by atoms with van der Waals surface area (Å²) in [5.74, 6) is -1.96. The minimum atomic E-state index is -1.00. The molecule has 5 N–H and O–H groups in total. The smallest absolute Gasteiger partial charge is 0.310 e. The standard InChI is InChI=1S/C8H15N3O3.C2H6/c1-3(12)11(2)7-4(8(13)14)5(9)6(7)10;1-2/h4-7H,9-10H2,1-2H3,(H,13,14);1-2H3. The lowest BCUT2D eigenvalue weighted by molar-refractivity contribution is -0.154. The quantitative estimate of drug-likeness (QED) is 0.578. The molecule has 0 radical (unpaired) electrons. The molecule has 6 heteroatoms. The molecule has 1 fully saturated rings. The van der Waals surface area contributed by atoms with Crippen molar-refractivity contribution < 1.29 is 14.7 Å². The van der Waals surface area contributed by atoms with Gasteiger partial charge in [0.15, 0.2) is 0 Å². The molecule has 0 aromatic heterocycles. The van der Waals surface area contributed by atoms with Gasteiger partial charge in [-0.25, -0.2) is 0 Å². The highest BCUT2D eigenvalue weighted by molar-refractivity contribution is 5.78. The molecular weight excluding hydrogens is 210 g/mol. The van der Waals surface area contributed by atoms with Crippen molar-refractivity contribution in [3.63, 3.8) is 0 Å². The molecule has 4 unspecified atom stereocenters. The van der Waals surface area contributed by atoms with Crippen LogP contribution in [0, 0.1) is 5.92 Å². The molecule has 6 nitrogen and oxygen atoms in total. The highest BCUT2D eigenvalue weighted by Crippen LogP contribution is 2.29. The van der Waals surface area contributed by atoms with Crippen molar-refractivity contribution in [2.45, 2.75) is 38.9 Å². The van der Waals surface area contributed by atoms with Crippen LogP contribution in [0.15, 0.2) is 0 Å². The molecule has 1 rings (SSSR count). The average molecular weight is 231 g/mol. The van der Waals surface area contributed by atoms with E-state index in [4.69, 9.17) is 16.6 Å². The van der Waals surface area contributed by atoms with Crippen molar-refractivity contribution in [2.24, 2.45) is 17.4 Å². The third-order valence-electron chi connectivity index (χ3n) is 2.85. The van der Waals surface area contributed by atoms with Gasteiger partial charge in [-0.05, 0) is 0 Å². The van der Waals surface area contributed by atoms with Crippen LogP contribution in [0.1, 0.15) is 20.8 Å². The van der Waals surface area contributed by atoms with E-state index in [1.54, 1.807) is 0 Å². The molecule has 0 heterocycles. The Bertz CT molecular complexity index is 270. The lowest BCUT2D eigenvalue weighted by Gasteiger charge is -2.49. The molecule has 4 atom stereocenters. The summed E-state index contributed by atoms with van der Waals surface area (Å²) in [6, 6.07) is -1.51. The second-order valence-electron chi connectivity index (χ2n) is 3.64. The van der Waals surface area contributed by atoms with Crippen LogP contribution in [0.25, 0.3) is 0 Å². The van der Waals surface area contributed by atoms with Crippen molar-refractivity contribution >= 4 is 11.9 Å². The molecule has 0 aliphatic heterocycles. The fourth-order valence-corrected chi connectivity index (χ4v) is 1.81. The van der Waals surface area contributed by atoms with Gasteiger partial charge >= 0.3 is 5.97 Å². The predicted molar refractivity (Wildman–Crippen MR) is 60.7 cm³/mol. The van der Waals surface area contributed by atoms with Gasteiger partial charge in [-0.15, -0.1) is 0 Å². The van der Waals surface area contributed by atoms with Crippen molar-refractivity contribution in [3.8, 4) is 0 Å². The lowest BCUT2D eigenvalue weighted by Crippen LogP contribution is -2.75. The maximum absolute atomic E-state index is 11.0. The Kier molecular flexibility index (Phi) is 5.40. The monoisotopic (exact) mass is 231 g/mol. The largest absolute Gasteiger partial charge is 0.481 e. The molecule has 94 valence electrons. The molecular formula is C10H21N3O3. The number of hydrogen-bond acceptors (Lipinski definition) is 4. The molecule has 1 amide bonds. The van der Waals surface area contributed by atoms with E-state index in [0.717, 1.165) is 0 Å². The molecule has 0 bridgehead atoms. The van der Waals surface area contributed by atoms with Gasteiger partial charge in [-0.3, -0.25) is 9.59 Å². The number of carboxylic acids is 1. The predicted octanol–water partition coefficient (Wildman–Crippen LogP) is -0.771. The van der Waals surface area contributed by atoms with Gasteiger partial charge in [0.05, 0.1) is 12.0 Å². The van der Waals surface area contributed by atoms with Crippen LogP contribution in [0.5, 0.6) is 0 Å². The minimum absolute atomic E-state index is 0.205. The third-order valence-corrected chi connectivity index (χ3v) is 2.85. The number of carbonyl (C=O) groups excluding carboxylic acids is 1. The molecule has 0 aromatic rings. The number of hydrogen-bond donors (Lipinski definition) is 3. The lowest BCUT2D eigenvalue weighted by atomic mass is 9.70. The molecule has 0 aromatic carbocycles. The summed E-state index contributed by atoms with van der Waals surface area (Å²) in [6.45, 7) is 5.37. The molecule has 16 heavy (non-hydrogen) atoms. The summed E-state index contributed by atoms with van der Waals surface area (Å²) in [5.41, 5.74) is 11.2. The molecule has 1 aliphatic rings. The second kappa shape index (κ2) is 5.81. The SMILES string of the molecule is CC.CC(=O)N(C)C1C(N)C(N)C1C(=O)O. The highest BCUT2D eigenvalue weighted by atomic mass is 16.4. The van der Waals surface area contributed by atoms with Crippen LogP contribution in [0.2, 0.25) is 0 Å². The fraction of sp³-hybridized carbons (Fsp3) is 0.800. The fourth-order valence-electron chi connectivity index (χ4n) is 1.81. The summed E-state index contributed by atoms with van der Waals surface area (Å²) >= 11 is 0. The van der Waals surface area contributed by atoms with Crippen molar-refractivity contribution in [1.29, 1.82) is 0 Å². The van der Waals surface area contributed by atoms with Crippen LogP contribution < -0.4 is 11.5 Å². The number of aliphatic carboxylic acids is 1. The Hall–Kier alpha value is -1.14. The summed E-state index contributed by atoms with van der Waals surface area (Å²) in [6.07, 6.45) is 0. The highest BCUT2D eigenvalue weighted by Gasteiger charge is 2.53. The van der Waals surface area contributed by atoms with Crippen LogP contribution in [0.4, 0.5) is 0 Å². The maximum atomic E-state index is 11.0. The molecule has 1 saturated carbocycles. The van der Waals surface area contributed by atoms with Gasteiger partial charge in [0.1, 0.15) is 0 Å². The first-order valence-corrected chi connectivity index (χ1v) is 5.35. The van der Waals surface area contributed by atoms with E-state index in [1.165, 1.54) is 18.9 Å². The zero-order valence-corrected chi connectivity index (χ0v) is 10.2. The first-order valence-electron chi connectivity index (χ1n) is 5.35. The van der Waals surface area contributed by atoms with E-state index in [2.05, 4.69) is 0 Å². The Morgan fingerprint density at radius 2 is 1.62 bits per heavy atom. The van der Waals surface area contributed by atoms with E-state index in [0.29, 0.717) is 0 Å². The number of carboxylic acid groups (broad SMARTS) is 1. The van der Waals surface area contributed by atoms with Gasteiger partial charge in [0.2, 0.25) is 5.91 Å². The average Bonchev–Trinajstić information content (AvgIpc) is 2.25. The van der Waals surface area contributed by atoms with Crippen LogP contribution in [-0.2, 0) is 9.59 Å². The van der Waals surface area contributed by atoms with Gasteiger partial charge in [-0.2, -0.15) is 0 Å². The van der Waals surface area contributed by atoms with E-state index >= 15 is 0 Å².